The van der Waals surface area contributed by atoms with Crippen molar-refractivity contribution in [3.05, 3.63) is 0 Å². The van der Waals surface area contributed by atoms with Crippen LogP contribution < -0.4 is 11.1 Å². The molecule has 2 fully saturated rings. The first-order valence-electron chi connectivity index (χ1n) is 5.71. The molecule has 86 valence electrons. The van der Waals surface area contributed by atoms with Gasteiger partial charge in [-0.1, -0.05) is 0 Å². The first kappa shape index (κ1) is 10.9. The van der Waals surface area contributed by atoms with Crippen LogP contribution in [0.15, 0.2) is 0 Å². The minimum atomic E-state index is -0.250. The van der Waals surface area contributed by atoms with Crippen molar-refractivity contribution in [3.8, 4) is 0 Å². The van der Waals surface area contributed by atoms with Gasteiger partial charge < -0.3 is 15.8 Å². The fraction of sp³-hybridized carbons (Fsp3) is 0.909. The fourth-order valence-electron chi connectivity index (χ4n) is 2.11. The van der Waals surface area contributed by atoms with Gasteiger partial charge in [-0.15, -0.1) is 0 Å². The summed E-state index contributed by atoms with van der Waals surface area (Å²) < 4.78 is 5.41. The maximum atomic E-state index is 12.0. The number of carbonyl (C=O) groups excluding carboxylic acids is 1. The molecular formula is C11H20N2O2. The van der Waals surface area contributed by atoms with E-state index in [0.717, 1.165) is 32.3 Å². The summed E-state index contributed by atoms with van der Waals surface area (Å²) in [6, 6.07) is 0. The average Bonchev–Trinajstić information content (AvgIpc) is 2.98. The molecule has 0 aromatic heterocycles. The Hall–Kier alpha value is -0.610. The van der Waals surface area contributed by atoms with Crippen molar-refractivity contribution in [2.45, 2.75) is 38.1 Å². The lowest BCUT2D eigenvalue weighted by Gasteiger charge is -2.35. The van der Waals surface area contributed by atoms with Crippen LogP contribution in [0.2, 0.25) is 0 Å². The van der Waals surface area contributed by atoms with Gasteiger partial charge in [0.2, 0.25) is 5.91 Å². The van der Waals surface area contributed by atoms with Crippen LogP contribution in [-0.2, 0) is 9.53 Å². The number of carbonyl (C=O) groups is 1. The molecule has 1 aliphatic heterocycles. The molecule has 0 spiro atoms. The third-order valence-electron chi connectivity index (χ3n) is 3.58. The molecule has 0 radical (unpaired) electrons. The lowest BCUT2D eigenvalue weighted by molar-refractivity contribution is -0.129. The van der Waals surface area contributed by atoms with E-state index in [1.165, 1.54) is 0 Å². The van der Waals surface area contributed by atoms with Gasteiger partial charge in [0.25, 0.3) is 0 Å². The molecule has 0 aromatic rings. The number of nitrogens with one attached hydrogen (secondary N) is 1. The molecule has 2 aliphatic rings. The molecule has 3 N–H and O–H groups in total. The zero-order valence-electron chi connectivity index (χ0n) is 9.34. The standard InChI is InChI=1S/C11H20N2O2/c1-10(3-2-6-15-8-10)13-9(14)11(7-12)4-5-11/h2-8,12H2,1H3,(H,13,14). The molecule has 1 saturated carbocycles. The van der Waals surface area contributed by atoms with E-state index in [4.69, 9.17) is 10.5 Å². The van der Waals surface area contributed by atoms with Gasteiger partial charge >= 0.3 is 0 Å². The predicted molar refractivity (Wildman–Crippen MR) is 57.3 cm³/mol. The minimum Gasteiger partial charge on any atom is -0.379 e. The second kappa shape index (κ2) is 3.76. The van der Waals surface area contributed by atoms with Crippen LogP contribution in [0.1, 0.15) is 32.6 Å². The number of nitrogens with two attached hydrogens (primary N) is 1. The molecule has 1 unspecified atom stereocenters. The third kappa shape index (κ3) is 2.16. The summed E-state index contributed by atoms with van der Waals surface area (Å²) in [6.07, 6.45) is 3.89. The highest BCUT2D eigenvalue weighted by molar-refractivity contribution is 5.86. The molecule has 0 aromatic carbocycles. The van der Waals surface area contributed by atoms with Crippen molar-refractivity contribution >= 4 is 5.91 Å². The first-order valence-corrected chi connectivity index (χ1v) is 5.71. The Morgan fingerprint density at radius 3 is 2.67 bits per heavy atom. The number of hydrogen-bond donors (Lipinski definition) is 2. The quantitative estimate of drug-likeness (QED) is 0.712. The molecule has 4 nitrogen and oxygen atoms in total. The van der Waals surface area contributed by atoms with E-state index >= 15 is 0 Å². The van der Waals surface area contributed by atoms with E-state index in [9.17, 15) is 4.79 Å². The Kier molecular flexibility index (Phi) is 2.73. The van der Waals surface area contributed by atoms with Crippen LogP contribution in [0, 0.1) is 5.41 Å². The second-order valence-corrected chi connectivity index (χ2v) is 5.16. The summed E-state index contributed by atoms with van der Waals surface area (Å²) in [5.74, 6) is 0.123. The van der Waals surface area contributed by atoms with Crippen LogP contribution in [-0.4, -0.2) is 31.2 Å². The molecule has 2 rings (SSSR count). The van der Waals surface area contributed by atoms with E-state index in [-0.39, 0.29) is 16.9 Å². The molecule has 1 amide bonds. The molecule has 1 aliphatic carbocycles. The summed E-state index contributed by atoms with van der Waals surface area (Å²) in [4.78, 5) is 12.0. The second-order valence-electron chi connectivity index (χ2n) is 5.16. The van der Waals surface area contributed by atoms with Crippen molar-refractivity contribution in [2.24, 2.45) is 11.1 Å². The van der Waals surface area contributed by atoms with Crippen molar-refractivity contribution in [1.29, 1.82) is 0 Å². The normalized spacial score (nSPS) is 33.5. The Bertz CT molecular complexity index is 255. The lowest BCUT2D eigenvalue weighted by atomic mass is 9.93. The maximum absolute atomic E-state index is 12.0. The minimum absolute atomic E-state index is 0.123. The van der Waals surface area contributed by atoms with Gasteiger partial charge in [-0.3, -0.25) is 4.79 Å². The Labute approximate surface area is 90.5 Å². The smallest absolute Gasteiger partial charge is 0.227 e. The van der Waals surface area contributed by atoms with Gasteiger partial charge in [0.05, 0.1) is 17.6 Å². The number of ether oxygens (including phenoxy) is 1. The number of rotatable bonds is 3. The fourth-order valence-corrected chi connectivity index (χ4v) is 2.11. The summed E-state index contributed by atoms with van der Waals surface area (Å²) in [7, 11) is 0. The zero-order valence-corrected chi connectivity index (χ0v) is 9.34. The lowest BCUT2D eigenvalue weighted by Crippen LogP contribution is -2.54. The highest BCUT2D eigenvalue weighted by Gasteiger charge is 2.50. The highest BCUT2D eigenvalue weighted by atomic mass is 16.5. The Balaban J connectivity index is 1.93. The monoisotopic (exact) mass is 212 g/mol. The number of amides is 1. The third-order valence-corrected chi connectivity index (χ3v) is 3.58. The van der Waals surface area contributed by atoms with Gasteiger partial charge in [-0.05, 0) is 32.6 Å². The number of hydrogen-bond acceptors (Lipinski definition) is 3. The summed E-state index contributed by atoms with van der Waals surface area (Å²) >= 11 is 0. The maximum Gasteiger partial charge on any atom is 0.227 e. The summed E-state index contributed by atoms with van der Waals surface area (Å²) in [5.41, 5.74) is 5.20. The molecule has 15 heavy (non-hydrogen) atoms. The summed E-state index contributed by atoms with van der Waals surface area (Å²) in [5, 5.41) is 3.10. The predicted octanol–water partition coefficient (Wildman–Crippen LogP) is 0.411. The molecule has 1 atom stereocenters. The van der Waals surface area contributed by atoms with E-state index in [1.54, 1.807) is 0 Å². The molecule has 4 heteroatoms. The van der Waals surface area contributed by atoms with Gasteiger partial charge in [-0.2, -0.15) is 0 Å². The van der Waals surface area contributed by atoms with Gasteiger partial charge in [0.1, 0.15) is 0 Å². The molecular weight excluding hydrogens is 192 g/mol. The van der Waals surface area contributed by atoms with E-state index in [2.05, 4.69) is 12.2 Å². The Morgan fingerprint density at radius 1 is 1.47 bits per heavy atom. The van der Waals surface area contributed by atoms with Gasteiger partial charge in [0.15, 0.2) is 0 Å². The van der Waals surface area contributed by atoms with E-state index in [0.29, 0.717) is 13.2 Å². The van der Waals surface area contributed by atoms with Crippen LogP contribution in [0.5, 0.6) is 0 Å². The average molecular weight is 212 g/mol. The van der Waals surface area contributed by atoms with Crippen molar-refractivity contribution in [2.75, 3.05) is 19.8 Å². The van der Waals surface area contributed by atoms with Crippen LogP contribution in [0.3, 0.4) is 0 Å². The van der Waals surface area contributed by atoms with Gasteiger partial charge in [0, 0.05) is 13.2 Å². The largest absolute Gasteiger partial charge is 0.379 e. The SMILES string of the molecule is CC1(NC(=O)C2(CN)CC2)CCCOC1. The molecule has 0 bridgehead atoms. The molecule has 1 heterocycles. The van der Waals surface area contributed by atoms with Crippen molar-refractivity contribution < 1.29 is 9.53 Å². The van der Waals surface area contributed by atoms with Crippen LogP contribution in [0.25, 0.3) is 0 Å². The first-order chi connectivity index (χ1) is 7.10. The van der Waals surface area contributed by atoms with E-state index < -0.39 is 0 Å². The highest BCUT2D eigenvalue weighted by Crippen LogP contribution is 2.45. The topological polar surface area (TPSA) is 64.4 Å². The van der Waals surface area contributed by atoms with E-state index in [1.807, 2.05) is 0 Å². The summed E-state index contributed by atoms with van der Waals surface area (Å²) in [6.45, 7) is 3.96. The zero-order chi connectivity index (χ0) is 10.9. The van der Waals surface area contributed by atoms with Crippen LogP contribution in [0.4, 0.5) is 0 Å². The Morgan fingerprint density at radius 2 is 2.20 bits per heavy atom. The van der Waals surface area contributed by atoms with Crippen LogP contribution >= 0.6 is 0 Å². The molecule has 1 saturated heterocycles. The van der Waals surface area contributed by atoms with Gasteiger partial charge in [-0.25, -0.2) is 0 Å². The van der Waals surface area contributed by atoms with Crippen molar-refractivity contribution in [1.82, 2.24) is 5.32 Å². The van der Waals surface area contributed by atoms with Crippen molar-refractivity contribution in [3.63, 3.8) is 0 Å².